The monoisotopic (exact) mass is 402 g/mol. The Hall–Kier alpha value is -2.99. The fraction of sp³-hybridized carbons (Fsp3) is 0.375. The van der Waals surface area contributed by atoms with Crippen LogP contribution in [-0.2, 0) is 0 Å². The van der Waals surface area contributed by atoms with E-state index in [9.17, 15) is 0 Å². The van der Waals surface area contributed by atoms with Gasteiger partial charge in [0.25, 0.3) is 0 Å². The van der Waals surface area contributed by atoms with Crippen LogP contribution in [0.5, 0.6) is 0 Å². The van der Waals surface area contributed by atoms with Crippen molar-refractivity contribution in [1.82, 2.24) is 20.6 Å². The molecule has 0 saturated carbocycles. The van der Waals surface area contributed by atoms with Crippen molar-refractivity contribution >= 4 is 28.1 Å². The van der Waals surface area contributed by atoms with Gasteiger partial charge in [0, 0.05) is 49.6 Å². The molecule has 6 nitrogen and oxygen atoms in total. The number of pyridine rings is 2. The van der Waals surface area contributed by atoms with Gasteiger partial charge in [0.1, 0.15) is 5.82 Å². The lowest BCUT2D eigenvalue weighted by atomic mass is 9.93. The number of hydrogen-bond donors (Lipinski definition) is 3. The van der Waals surface area contributed by atoms with Crippen molar-refractivity contribution in [3.05, 3.63) is 59.5 Å². The highest BCUT2D eigenvalue weighted by atomic mass is 15.2. The zero-order valence-corrected chi connectivity index (χ0v) is 18.2. The van der Waals surface area contributed by atoms with Crippen LogP contribution in [0.3, 0.4) is 0 Å². The number of rotatable bonds is 5. The Bertz CT molecular complexity index is 1060. The molecule has 3 N–H and O–H groups in total. The van der Waals surface area contributed by atoms with Crippen molar-refractivity contribution < 1.29 is 0 Å². The van der Waals surface area contributed by atoms with Crippen LogP contribution in [0.4, 0.5) is 5.82 Å². The van der Waals surface area contributed by atoms with Gasteiger partial charge in [-0.3, -0.25) is 5.41 Å². The molecule has 0 amide bonds. The van der Waals surface area contributed by atoms with Gasteiger partial charge in [-0.25, -0.2) is 9.97 Å². The third-order valence-corrected chi connectivity index (χ3v) is 5.57. The lowest BCUT2D eigenvalue weighted by Gasteiger charge is -2.19. The van der Waals surface area contributed by atoms with Gasteiger partial charge in [-0.1, -0.05) is 13.8 Å². The Morgan fingerprint density at radius 2 is 1.90 bits per heavy atom. The van der Waals surface area contributed by atoms with Crippen molar-refractivity contribution in [3.8, 4) is 0 Å². The first-order valence-electron chi connectivity index (χ1n) is 10.6. The van der Waals surface area contributed by atoms with E-state index < -0.39 is 0 Å². The molecule has 6 heteroatoms. The van der Waals surface area contributed by atoms with Gasteiger partial charge < -0.3 is 15.5 Å². The lowest BCUT2D eigenvalue weighted by Crippen LogP contribution is -2.37. The molecule has 0 radical (unpaired) electrons. The Morgan fingerprint density at radius 3 is 2.67 bits per heavy atom. The number of fused-ring (bicyclic) bond motifs is 1. The van der Waals surface area contributed by atoms with Crippen LogP contribution in [0.25, 0.3) is 16.6 Å². The van der Waals surface area contributed by atoms with E-state index in [4.69, 9.17) is 15.4 Å². The third-order valence-electron chi connectivity index (χ3n) is 5.57. The molecule has 2 aliphatic rings. The van der Waals surface area contributed by atoms with Crippen LogP contribution in [0.15, 0.2) is 53.8 Å². The number of aromatic nitrogens is 2. The normalized spacial score (nSPS) is 20.8. The molecule has 2 aromatic rings. The molecular weight excluding hydrogens is 372 g/mol. The highest BCUT2D eigenvalue weighted by Gasteiger charge is 2.24. The second kappa shape index (κ2) is 8.40. The van der Waals surface area contributed by atoms with E-state index in [1.54, 1.807) is 0 Å². The summed E-state index contributed by atoms with van der Waals surface area (Å²) in [4.78, 5) is 12.1. The molecule has 0 bridgehead atoms. The van der Waals surface area contributed by atoms with Crippen molar-refractivity contribution in [1.29, 1.82) is 5.41 Å². The minimum atomic E-state index is 0.501. The fourth-order valence-electron chi connectivity index (χ4n) is 4.14. The summed E-state index contributed by atoms with van der Waals surface area (Å²) in [6.45, 7) is 8.37. The molecule has 30 heavy (non-hydrogen) atoms. The fourth-order valence-corrected chi connectivity index (χ4v) is 4.14. The zero-order valence-electron chi connectivity index (χ0n) is 18.2. The Morgan fingerprint density at radius 1 is 1.13 bits per heavy atom. The number of anilines is 1. The molecule has 1 aliphatic heterocycles. The molecule has 4 rings (SSSR count). The number of allylic oxidation sites excluding steroid dienone is 5. The summed E-state index contributed by atoms with van der Waals surface area (Å²) >= 11 is 0. The van der Waals surface area contributed by atoms with E-state index in [0.717, 1.165) is 58.8 Å². The number of nitrogens with one attached hydrogen (secondary N) is 3. The minimum Gasteiger partial charge on any atom is -0.393 e. The summed E-state index contributed by atoms with van der Waals surface area (Å²) in [5, 5.41) is 14.9. The lowest BCUT2D eigenvalue weighted by molar-refractivity contribution is 0.492. The van der Waals surface area contributed by atoms with Crippen LogP contribution in [0, 0.1) is 5.41 Å². The predicted molar refractivity (Wildman–Crippen MR) is 125 cm³/mol. The molecule has 1 atom stereocenters. The highest BCUT2D eigenvalue weighted by Crippen LogP contribution is 2.27. The zero-order chi connectivity index (χ0) is 21.3. The van der Waals surface area contributed by atoms with E-state index in [2.05, 4.69) is 41.5 Å². The summed E-state index contributed by atoms with van der Waals surface area (Å²) in [6, 6.07) is 9.24. The SMILES string of the molecule is CN/C=C1/C=C(c2ccc3nc(N4CCC(NC(C)C)C4)ccc3n2)C=C(C)C1=N. The predicted octanol–water partition coefficient (Wildman–Crippen LogP) is 3.67. The molecule has 1 saturated heterocycles. The van der Waals surface area contributed by atoms with Crippen LogP contribution in [0.1, 0.15) is 32.9 Å². The van der Waals surface area contributed by atoms with E-state index in [1.165, 1.54) is 0 Å². The average Bonchev–Trinajstić information content (AvgIpc) is 3.18. The number of nitrogens with zero attached hydrogens (tertiary/aromatic N) is 3. The van der Waals surface area contributed by atoms with Crippen LogP contribution in [0.2, 0.25) is 0 Å². The first kappa shape index (κ1) is 20.3. The van der Waals surface area contributed by atoms with Crippen molar-refractivity contribution in [2.75, 3.05) is 25.0 Å². The molecule has 1 unspecified atom stereocenters. The van der Waals surface area contributed by atoms with E-state index in [1.807, 2.05) is 44.5 Å². The van der Waals surface area contributed by atoms with Gasteiger partial charge in [0.15, 0.2) is 0 Å². The van der Waals surface area contributed by atoms with E-state index >= 15 is 0 Å². The second-order valence-electron chi connectivity index (χ2n) is 8.35. The third kappa shape index (κ3) is 4.14. The van der Waals surface area contributed by atoms with Crippen molar-refractivity contribution in [3.63, 3.8) is 0 Å². The van der Waals surface area contributed by atoms with Crippen LogP contribution in [-0.4, -0.2) is 47.9 Å². The highest BCUT2D eigenvalue weighted by molar-refractivity contribution is 6.16. The molecule has 0 aromatic carbocycles. The summed E-state index contributed by atoms with van der Waals surface area (Å²) in [5.41, 5.74) is 6.04. The van der Waals surface area contributed by atoms with E-state index in [-0.39, 0.29) is 0 Å². The molecule has 1 fully saturated rings. The minimum absolute atomic E-state index is 0.501. The van der Waals surface area contributed by atoms with Gasteiger partial charge in [0.2, 0.25) is 0 Å². The maximum absolute atomic E-state index is 8.24. The molecule has 3 heterocycles. The van der Waals surface area contributed by atoms with Gasteiger partial charge >= 0.3 is 0 Å². The second-order valence-corrected chi connectivity index (χ2v) is 8.35. The average molecular weight is 403 g/mol. The molecular formula is C24H30N6. The summed E-state index contributed by atoms with van der Waals surface area (Å²) in [5.74, 6) is 1.02. The molecule has 1 aliphatic carbocycles. The summed E-state index contributed by atoms with van der Waals surface area (Å²) in [7, 11) is 1.85. The maximum Gasteiger partial charge on any atom is 0.129 e. The Kier molecular flexibility index (Phi) is 5.68. The van der Waals surface area contributed by atoms with Crippen LogP contribution < -0.4 is 15.5 Å². The summed E-state index contributed by atoms with van der Waals surface area (Å²) in [6.07, 6.45) is 7.03. The Balaban J connectivity index is 1.59. The summed E-state index contributed by atoms with van der Waals surface area (Å²) < 4.78 is 0. The van der Waals surface area contributed by atoms with Crippen LogP contribution >= 0.6 is 0 Å². The first-order valence-corrected chi connectivity index (χ1v) is 10.6. The van der Waals surface area contributed by atoms with Gasteiger partial charge in [0.05, 0.1) is 22.4 Å². The van der Waals surface area contributed by atoms with Gasteiger partial charge in [-0.2, -0.15) is 0 Å². The Labute approximate surface area is 178 Å². The van der Waals surface area contributed by atoms with Gasteiger partial charge in [-0.15, -0.1) is 0 Å². The maximum atomic E-state index is 8.24. The largest absolute Gasteiger partial charge is 0.393 e. The van der Waals surface area contributed by atoms with Crippen molar-refractivity contribution in [2.24, 2.45) is 0 Å². The topological polar surface area (TPSA) is 76.9 Å². The quantitative estimate of drug-likeness (QED) is 0.711. The molecule has 0 spiro atoms. The smallest absolute Gasteiger partial charge is 0.129 e. The first-order chi connectivity index (χ1) is 14.4. The molecule has 156 valence electrons. The van der Waals surface area contributed by atoms with E-state index in [0.29, 0.717) is 17.8 Å². The standard InChI is InChI=1S/C24H30N6/c1-15(2)27-19-9-10-30(14-19)23-8-7-21-22(29-23)6-5-20(28-21)17-11-16(3)24(25)18(12-17)13-26-4/h5-8,11-13,15,19,25-27H,9-10,14H2,1-4H3/b18-13-,25-24?. The molecule has 2 aromatic heterocycles. The van der Waals surface area contributed by atoms with Crippen molar-refractivity contribution in [2.45, 2.75) is 39.3 Å². The number of hydrogen-bond acceptors (Lipinski definition) is 6. The van der Waals surface area contributed by atoms with Gasteiger partial charge in [-0.05, 0) is 55.3 Å².